The van der Waals surface area contributed by atoms with Gasteiger partial charge in [-0.15, -0.1) is 0 Å². The number of hydrogen-bond donors (Lipinski definition) is 0. The van der Waals surface area contributed by atoms with Gasteiger partial charge in [-0.3, -0.25) is 0 Å². The van der Waals surface area contributed by atoms with Crippen LogP contribution in [0.2, 0.25) is 0 Å². The molecule has 1 fully saturated rings. The molecule has 1 saturated carbocycles. The van der Waals surface area contributed by atoms with E-state index < -0.39 is 21.3 Å². The predicted molar refractivity (Wildman–Crippen MR) is 113 cm³/mol. The van der Waals surface area contributed by atoms with E-state index in [1.54, 1.807) is 12.1 Å². The summed E-state index contributed by atoms with van der Waals surface area (Å²) >= 11 is -2.01. The second-order valence-electron chi connectivity index (χ2n) is 8.38. The fourth-order valence-electron chi connectivity index (χ4n) is 5.40. The first kappa shape index (κ1) is 22.9. The molecule has 2 aromatic rings. The molecule has 29 heavy (non-hydrogen) atoms. The van der Waals surface area contributed by atoms with Crippen LogP contribution in [0, 0.1) is 5.92 Å². The molecule has 0 bridgehead atoms. The summed E-state index contributed by atoms with van der Waals surface area (Å²) in [7, 11) is 0. The van der Waals surface area contributed by atoms with Crippen molar-refractivity contribution in [1.29, 1.82) is 0 Å². The van der Waals surface area contributed by atoms with E-state index in [0.717, 1.165) is 12.3 Å². The molecule has 0 atom stereocenters. The van der Waals surface area contributed by atoms with Crippen LogP contribution < -0.4 is 28.1 Å². The van der Waals surface area contributed by atoms with Crippen molar-refractivity contribution in [3.63, 3.8) is 0 Å². The zero-order chi connectivity index (χ0) is 18.2. The van der Waals surface area contributed by atoms with Crippen molar-refractivity contribution in [2.75, 3.05) is 0 Å². The Hall–Kier alpha value is -0.747. The molecule has 150 valence electrons. The Morgan fingerprint density at radius 2 is 1.66 bits per heavy atom. The smallest absolute Gasteiger partial charge is 1.00 e. The topological polar surface area (TPSA) is 0 Å². The summed E-state index contributed by atoms with van der Waals surface area (Å²) in [6, 6.07) is 16.3. The molecule has 5 rings (SSSR count). The Bertz CT molecular complexity index is 978. The Kier molecular flexibility index (Phi) is 7.94. The van der Waals surface area contributed by atoms with Crippen molar-refractivity contribution in [2.24, 2.45) is 5.92 Å². The number of halogens is 2. The fourth-order valence-corrected chi connectivity index (χ4v) is 13.6. The maximum absolute atomic E-state index is 2.55. The maximum atomic E-state index is 2.55. The van der Waals surface area contributed by atoms with E-state index in [9.17, 15) is 0 Å². The van der Waals surface area contributed by atoms with Gasteiger partial charge in [0.15, 0.2) is 0 Å². The van der Waals surface area contributed by atoms with Gasteiger partial charge >= 0.3 is 172 Å². The summed E-state index contributed by atoms with van der Waals surface area (Å²) in [4.78, 5) is 0. The van der Waals surface area contributed by atoms with Gasteiger partial charge in [0.25, 0.3) is 0 Å². The first-order chi connectivity index (χ1) is 13.3. The van der Waals surface area contributed by atoms with Crippen LogP contribution in [0.3, 0.4) is 0 Å². The van der Waals surface area contributed by atoms with Gasteiger partial charge in [-0.25, -0.2) is 0 Å². The van der Waals surface area contributed by atoms with Crippen molar-refractivity contribution in [2.45, 2.75) is 51.9 Å². The molecular weight excluding hydrogens is 474 g/mol. The van der Waals surface area contributed by atoms with Crippen molar-refractivity contribution >= 4 is 6.48 Å². The van der Waals surface area contributed by atoms with Crippen LogP contribution in [0.4, 0.5) is 0 Å². The summed E-state index contributed by atoms with van der Waals surface area (Å²) in [6.07, 6.45) is 16.7. The summed E-state index contributed by atoms with van der Waals surface area (Å²) in [6.45, 7) is 2.55. The molecule has 3 heteroatoms. The molecule has 3 aliphatic carbocycles. The predicted octanol–water partition coefficient (Wildman–Crippen LogP) is 0.126. The van der Waals surface area contributed by atoms with Gasteiger partial charge in [-0.1, -0.05) is 0 Å². The van der Waals surface area contributed by atoms with Crippen molar-refractivity contribution in [3.05, 3.63) is 75.1 Å². The monoisotopic (exact) mass is 500 g/mol. The third kappa shape index (κ3) is 4.34. The number of allylic oxidation sites excluding steroid dienone is 4. The van der Waals surface area contributed by atoms with Gasteiger partial charge in [0.05, 0.1) is 0 Å². The average molecular weight is 503 g/mol. The third-order valence-electron chi connectivity index (χ3n) is 6.82. The molecule has 0 aliphatic heterocycles. The normalized spacial score (nSPS) is 17.6. The van der Waals surface area contributed by atoms with Crippen LogP contribution in [-0.4, -0.2) is 3.21 Å². The molecule has 0 saturated heterocycles. The van der Waals surface area contributed by atoms with Crippen molar-refractivity contribution in [1.82, 2.24) is 0 Å². The van der Waals surface area contributed by atoms with Crippen LogP contribution in [-0.2, 0) is 27.7 Å². The minimum atomic E-state index is -2.01. The first-order valence-corrected chi connectivity index (χ1v) is 14.3. The SMILES string of the molecule is C/[C](C1CCCCC1)=[Zr+2](\[C]1=CC=CC1)[c]1cccc2c1Cc1ccccc1-2.[Cl-].[Cl-]. The quantitative estimate of drug-likeness (QED) is 0.478. The van der Waals surface area contributed by atoms with Crippen LogP contribution in [0.25, 0.3) is 11.1 Å². The second-order valence-corrected chi connectivity index (χ2v) is 15.1. The summed E-state index contributed by atoms with van der Waals surface area (Å²) < 4.78 is 5.48. The van der Waals surface area contributed by atoms with Crippen molar-refractivity contribution in [3.8, 4) is 11.1 Å². The van der Waals surface area contributed by atoms with E-state index in [0.29, 0.717) is 0 Å². The maximum Gasteiger partial charge on any atom is -1.00 e. The van der Waals surface area contributed by atoms with Crippen LogP contribution in [0.5, 0.6) is 0 Å². The number of rotatable bonds is 3. The van der Waals surface area contributed by atoms with Crippen LogP contribution >= 0.6 is 0 Å². The Morgan fingerprint density at radius 3 is 2.41 bits per heavy atom. The average Bonchev–Trinajstić information content (AvgIpc) is 3.37. The standard InChI is InChI=1S/C13H9.C8H14.C5H5.2ClH.Zr/c1-3-7-12-10(5-1)9-11-6-2-4-8-13(11)12;1-2-8-6-4-3-5-7-8;1-2-4-5-3-1;;;/h1-5,7-8H,9H2;8H,3-7H2,1H3;1-3H,4H2;2*1H;/q;;;;;+2/p-2. The van der Waals surface area contributed by atoms with Crippen LogP contribution in [0.15, 0.2) is 64.0 Å². The zero-order valence-electron chi connectivity index (χ0n) is 17.1. The Balaban J connectivity index is 0.00000120. The van der Waals surface area contributed by atoms with Gasteiger partial charge in [-0.05, 0) is 0 Å². The van der Waals surface area contributed by atoms with Gasteiger partial charge in [-0.2, -0.15) is 0 Å². The second kappa shape index (κ2) is 10.0. The first-order valence-electron chi connectivity index (χ1n) is 10.6. The fraction of sp³-hybridized carbons (Fsp3) is 0.346. The van der Waals surface area contributed by atoms with Gasteiger partial charge in [0, 0.05) is 0 Å². The number of fused-ring (bicyclic) bond motifs is 3. The summed E-state index contributed by atoms with van der Waals surface area (Å²) in [5.74, 6) is 0.884. The molecule has 0 aromatic heterocycles. The molecule has 0 nitrogen and oxygen atoms in total. The Morgan fingerprint density at radius 1 is 0.897 bits per heavy atom. The minimum Gasteiger partial charge on any atom is -1.00 e. The molecule has 3 aliphatic rings. The Labute approximate surface area is 195 Å². The molecule has 0 heterocycles. The van der Waals surface area contributed by atoms with Gasteiger partial charge in [0.2, 0.25) is 0 Å². The van der Waals surface area contributed by atoms with Crippen LogP contribution in [0.1, 0.15) is 56.6 Å². The molecular formula is C26H28Cl2Zr. The molecule has 0 N–H and O–H groups in total. The van der Waals surface area contributed by atoms with E-state index in [-0.39, 0.29) is 24.8 Å². The molecule has 0 spiro atoms. The van der Waals surface area contributed by atoms with E-state index in [2.05, 4.69) is 67.6 Å². The minimum absolute atomic E-state index is 0. The largest absolute Gasteiger partial charge is 1.00 e. The molecule has 0 amide bonds. The number of hydrogen-bond acceptors (Lipinski definition) is 0. The zero-order valence-corrected chi connectivity index (χ0v) is 21.0. The number of benzene rings is 2. The van der Waals surface area contributed by atoms with Crippen molar-refractivity contribution < 1.29 is 46.1 Å². The summed E-state index contributed by atoms with van der Waals surface area (Å²) in [5, 5.41) is 0. The van der Waals surface area contributed by atoms with Gasteiger partial charge < -0.3 is 24.8 Å². The van der Waals surface area contributed by atoms with E-state index in [1.807, 2.05) is 3.21 Å². The van der Waals surface area contributed by atoms with E-state index in [4.69, 9.17) is 0 Å². The summed E-state index contributed by atoms with van der Waals surface area (Å²) in [5.41, 5.74) is 6.18. The third-order valence-corrected chi connectivity index (χ3v) is 14.7. The van der Waals surface area contributed by atoms with Gasteiger partial charge in [0.1, 0.15) is 0 Å². The van der Waals surface area contributed by atoms with E-state index in [1.165, 1.54) is 55.2 Å². The molecule has 2 aromatic carbocycles. The van der Waals surface area contributed by atoms with E-state index >= 15 is 0 Å². The molecule has 0 radical (unpaired) electrons. The molecule has 0 unspecified atom stereocenters.